The van der Waals surface area contributed by atoms with Crippen LogP contribution in [-0.4, -0.2) is 4.57 Å². The summed E-state index contributed by atoms with van der Waals surface area (Å²) >= 11 is 0. The molecule has 0 saturated heterocycles. The van der Waals surface area contributed by atoms with E-state index < -0.39 is 0 Å². The predicted molar refractivity (Wildman–Crippen MR) is 256 cm³/mol. The van der Waals surface area contributed by atoms with E-state index in [9.17, 15) is 0 Å². The molecule has 0 fully saturated rings. The maximum atomic E-state index is 2.46. The van der Waals surface area contributed by atoms with Crippen LogP contribution in [0.15, 0.2) is 231 Å². The predicted octanol–water partition coefficient (Wildman–Crippen LogP) is 16.2. The van der Waals surface area contributed by atoms with E-state index in [-0.39, 0.29) is 0 Å². The molecule has 0 aliphatic carbocycles. The highest BCUT2D eigenvalue weighted by Crippen LogP contribution is 2.45. The Morgan fingerprint density at radius 2 is 0.833 bits per heavy atom. The molecule has 1 heterocycles. The molecule has 0 N–H and O–H groups in total. The second-order valence-corrected chi connectivity index (χ2v) is 15.7. The molecule has 0 spiro atoms. The molecule has 0 amide bonds. The standard InChI is InChI=1S/C58H38N2/c1-4-14-39(15-5-1)44-30-34-55-52(37-44)53-38-48(32-35-56(53)60(55)46-19-8-3-9-20-46)59(54-23-13-12-21-49(54)40-16-6-2-7-17-40)47-31-33-51-45(36-47)29-28-43-27-26-42-25-24-41-18-10-11-22-50(41)57(42)58(43)51/h1-38H. The van der Waals surface area contributed by atoms with Gasteiger partial charge < -0.3 is 9.47 Å². The Labute approximate surface area is 348 Å². The van der Waals surface area contributed by atoms with Gasteiger partial charge in [-0.3, -0.25) is 0 Å². The molecule has 60 heavy (non-hydrogen) atoms. The van der Waals surface area contributed by atoms with Crippen molar-refractivity contribution in [3.05, 3.63) is 231 Å². The van der Waals surface area contributed by atoms with E-state index in [1.165, 1.54) is 87.1 Å². The summed E-state index contributed by atoms with van der Waals surface area (Å²) in [7, 11) is 0. The van der Waals surface area contributed by atoms with Crippen LogP contribution in [0.25, 0.3) is 92.8 Å². The Balaban J connectivity index is 1.13. The van der Waals surface area contributed by atoms with Gasteiger partial charge in [0.05, 0.1) is 16.7 Å². The highest BCUT2D eigenvalue weighted by Gasteiger charge is 2.21. The van der Waals surface area contributed by atoms with Crippen LogP contribution in [0.2, 0.25) is 0 Å². The number of anilines is 3. The first-order valence-electron chi connectivity index (χ1n) is 20.7. The Morgan fingerprint density at radius 1 is 0.300 bits per heavy atom. The molecule has 12 aromatic rings. The van der Waals surface area contributed by atoms with Gasteiger partial charge in [-0.15, -0.1) is 0 Å². The van der Waals surface area contributed by atoms with E-state index >= 15 is 0 Å². The minimum atomic E-state index is 1.10. The van der Waals surface area contributed by atoms with Gasteiger partial charge in [-0.05, 0) is 120 Å². The van der Waals surface area contributed by atoms with Gasteiger partial charge in [-0.1, -0.05) is 170 Å². The number of aromatic nitrogens is 1. The van der Waals surface area contributed by atoms with Crippen LogP contribution in [0.5, 0.6) is 0 Å². The average Bonchev–Trinajstić information content (AvgIpc) is 3.65. The molecule has 0 aliphatic heterocycles. The topological polar surface area (TPSA) is 8.17 Å². The van der Waals surface area contributed by atoms with Crippen LogP contribution in [0.3, 0.4) is 0 Å². The number of hydrogen-bond acceptors (Lipinski definition) is 1. The van der Waals surface area contributed by atoms with Crippen molar-refractivity contribution in [2.24, 2.45) is 0 Å². The van der Waals surface area contributed by atoms with Crippen molar-refractivity contribution in [2.45, 2.75) is 0 Å². The molecule has 2 nitrogen and oxygen atoms in total. The van der Waals surface area contributed by atoms with Gasteiger partial charge in [0.25, 0.3) is 0 Å². The zero-order valence-corrected chi connectivity index (χ0v) is 32.8. The second kappa shape index (κ2) is 13.9. The molecule has 0 unspecified atom stereocenters. The lowest BCUT2D eigenvalue weighted by atomic mass is 9.92. The number of hydrogen-bond donors (Lipinski definition) is 0. The average molecular weight is 763 g/mol. The summed E-state index contributed by atoms with van der Waals surface area (Å²) in [5.41, 5.74) is 11.6. The van der Waals surface area contributed by atoms with E-state index in [0.717, 1.165) is 22.7 Å². The van der Waals surface area contributed by atoms with Crippen LogP contribution in [0, 0.1) is 0 Å². The molecule has 12 rings (SSSR count). The minimum absolute atomic E-state index is 1.10. The van der Waals surface area contributed by atoms with Crippen molar-refractivity contribution in [2.75, 3.05) is 4.90 Å². The Hall–Kier alpha value is -7.94. The zero-order chi connectivity index (χ0) is 39.6. The summed E-state index contributed by atoms with van der Waals surface area (Å²) in [6, 6.07) is 84.3. The monoisotopic (exact) mass is 762 g/mol. The quantitative estimate of drug-likeness (QED) is 0.153. The molecule has 0 bridgehead atoms. The Bertz CT molecular complexity index is 3580. The van der Waals surface area contributed by atoms with E-state index in [4.69, 9.17) is 0 Å². The van der Waals surface area contributed by atoms with E-state index in [1.807, 2.05) is 0 Å². The van der Waals surface area contributed by atoms with Gasteiger partial charge in [0.1, 0.15) is 0 Å². The van der Waals surface area contributed by atoms with Crippen LogP contribution in [-0.2, 0) is 0 Å². The van der Waals surface area contributed by atoms with Gasteiger partial charge in [-0.2, -0.15) is 0 Å². The van der Waals surface area contributed by atoms with Crippen LogP contribution in [0.4, 0.5) is 17.1 Å². The number of fused-ring (bicyclic) bond motifs is 10. The van der Waals surface area contributed by atoms with E-state index in [2.05, 4.69) is 240 Å². The second-order valence-electron chi connectivity index (χ2n) is 15.7. The minimum Gasteiger partial charge on any atom is -0.310 e. The molecular formula is C58H38N2. The fraction of sp³-hybridized carbons (Fsp3) is 0. The SMILES string of the molecule is c1ccc(-c2ccc3c(c2)c2cc(N(c4ccc5c(ccc6ccc7ccc8ccccc8c7c65)c4)c4ccccc4-c4ccccc4)ccc2n3-c2ccccc2)cc1. The third kappa shape index (κ3) is 5.50. The first-order valence-corrected chi connectivity index (χ1v) is 20.7. The van der Waals surface area contributed by atoms with Crippen LogP contribution >= 0.6 is 0 Å². The van der Waals surface area contributed by atoms with Gasteiger partial charge in [0.15, 0.2) is 0 Å². The summed E-state index contributed by atoms with van der Waals surface area (Å²) in [6.45, 7) is 0. The van der Waals surface area contributed by atoms with Crippen molar-refractivity contribution in [1.29, 1.82) is 0 Å². The van der Waals surface area contributed by atoms with E-state index in [0.29, 0.717) is 0 Å². The lowest BCUT2D eigenvalue weighted by Crippen LogP contribution is -2.11. The summed E-state index contributed by atoms with van der Waals surface area (Å²) < 4.78 is 2.40. The van der Waals surface area contributed by atoms with Gasteiger partial charge in [-0.25, -0.2) is 0 Å². The number of para-hydroxylation sites is 2. The van der Waals surface area contributed by atoms with Crippen molar-refractivity contribution in [1.82, 2.24) is 4.57 Å². The Morgan fingerprint density at radius 3 is 1.58 bits per heavy atom. The number of benzene rings is 11. The molecule has 0 atom stereocenters. The highest BCUT2D eigenvalue weighted by molar-refractivity contribution is 6.27. The van der Waals surface area contributed by atoms with Gasteiger partial charge in [0, 0.05) is 33.4 Å². The van der Waals surface area contributed by atoms with E-state index in [1.54, 1.807) is 0 Å². The van der Waals surface area contributed by atoms with Crippen molar-refractivity contribution < 1.29 is 0 Å². The van der Waals surface area contributed by atoms with Crippen molar-refractivity contribution >= 4 is 82.0 Å². The maximum Gasteiger partial charge on any atom is 0.0542 e. The molecule has 2 heteroatoms. The Kier molecular flexibility index (Phi) is 7.89. The number of rotatable bonds is 6. The maximum absolute atomic E-state index is 2.46. The normalized spacial score (nSPS) is 11.7. The largest absolute Gasteiger partial charge is 0.310 e. The smallest absolute Gasteiger partial charge is 0.0542 e. The molecule has 11 aromatic carbocycles. The fourth-order valence-corrected chi connectivity index (χ4v) is 9.55. The molecule has 280 valence electrons. The fourth-order valence-electron chi connectivity index (χ4n) is 9.55. The molecule has 0 aliphatic rings. The van der Waals surface area contributed by atoms with Gasteiger partial charge in [0.2, 0.25) is 0 Å². The molecule has 1 aromatic heterocycles. The zero-order valence-electron chi connectivity index (χ0n) is 32.8. The number of nitrogens with zero attached hydrogens (tertiary/aromatic N) is 2. The lowest BCUT2D eigenvalue weighted by Gasteiger charge is -2.28. The van der Waals surface area contributed by atoms with Crippen LogP contribution < -0.4 is 4.90 Å². The molecular weight excluding hydrogens is 725 g/mol. The molecule has 0 saturated carbocycles. The summed E-state index contributed by atoms with van der Waals surface area (Å²) in [6.07, 6.45) is 0. The first kappa shape index (κ1) is 34.1. The highest BCUT2D eigenvalue weighted by atomic mass is 15.1. The summed E-state index contributed by atoms with van der Waals surface area (Å²) in [4.78, 5) is 2.46. The van der Waals surface area contributed by atoms with Crippen LogP contribution in [0.1, 0.15) is 0 Å². The third-order valence-corrected chi connectivity index (χ3v) is 12.3. The van der Waals surface area contributed by atoms with Crippen molar-refractivity contribution in [3.8, 4) is 27.9 Å². The summed E-state index contributed by atoms with van der Waals surface area (Å²) in [5, 5.41) is 12.5. The van der Waals surface area contributed by atoms with Crippen molar-refractivity contribution in [3.63, 3.8) is 0 Å². The lowest BCUT2D eigenvalue weighted by molar-refractivity contribution is 1.18. The first-order chi connectivity index (χ1) is 29.8. The molecule has 0 radical (unpaired) electrons. The van der Waals surface area contributed by atoms with Gasteiger partial charge >= 0.3 is 0 Å². The third-order valence-electron chi connectivity index (χ3n) is 12.3. The summed E-state index contributed by atoms with van der Waals surface area (Å²) in [5.74, 6) is 0.